The van der Waals surface area contributed by atoms with Gasteiger partial charge in [-0.25, -0.2) is 28.7 Å². The summed E-state index contributed by atoms with van der Waals surface area (Å²) in [5.41, 5.74) is 1.66. The van der Waals surface area contributed by atoms with Crippen molar-refractivity contribution < 1.29 is 13.5 Å². The van der Waals surface area contributed by atoms with Crippen LogP contribution in [0.4, 0.5) is 14.6 Å². The molecular weight excluding hydrogens is 364 g/mol. The van der Waals surface area contributed by atoms with Crippen LogP contribution in [-0.2, 0) is 0 Å². The minimum Gasteiger partial charge on any atom is -0.494 e. The fraction of sp³-hybridized carbons (Fsp3) is 0.100. The molecule has 1 N–H and O–H groups in total. The Labute approximate surface area is 159 Å². The number of rotatable bonds is 4. The van der Waals surface area contributed by atoms with Gasteiger partial charge in [-0.1, -0.05) is 12.1 Å². The van der Waals surface area contributed by atoms with Crippen molar-refractivity contribution in [3.05, 3.63) is 60.6 Å². The molecule has 0 spiro atoms. The Morgan fingerprint density at radius 3 is 2.64 bits per heavy atom. The standard InChI is InChI=1S/C20H15F2N5O/c1-23-19-13-8-11(12-4-3-5-14(21)17(12)22)9-16(28-2)18(13)26-20(27-19)15-6-7-24-10-25-15/h3-10H,1-2H3,(H,23,26,27). The van der Waals surface area contributed by atoms with E-state index in [1.54, 1.807) is 31.4 Å². The van der Waals surface area contributed by atoms with Crippen LogP contribution in [0.5, 0.6) is 5.75 Å². The summed E-state index contributed by atoms with van der Waals surface area (Å²) in [5, 5.41) is 3.63. The zero-order valence-electron chi connectivity index (χ0n) is 15.1. The molecule has 4 rings (SSSR count). The van der Waals surface area contributed by atoms with Crippen molar-refractivity contribution in [2.75, 3.05) is 19.5 Å². The fourth-order valence-electron chi connectivity index (χ4n) is 2.97. The van der Waals surface area contributed by atoms with Gasteiger partial charge in [0.05, 0.1) is 7.11 Å². The molecular formula is C20H15F2N5O. The summed E-state index contributed by atoms with van der Waals surface area (Å²) < 4.78 is 33.5. The summed E-state index contributed by atoms with van der Waals surface area (Å²) in [5.74, 6) is -0.530. The summed E-state index contributed by atoms with van der Waals surface area (Å²) in [7, 11) is 3.21. The molecule has 2 aromatic carbocycles. The Morgan fingerprint density at radius 2 is 1.93 bits per heavy atom. The molecule has 4 aromatic rings. The number of methoxy groups -OCH3 is 1. The van der Waals surface area contributed by atoms with Crippen molar-refractivity contribution in [2.24, 2.45) is 0 Å². The Morgan fingerprint density at radius 1 is 1.07 bits per heavy atom. The first-order chi connectivity index (χ1) is 13.6. The minimum absolute atomic E-state index is 0.127. The van der Waals surface area contributed by atoms with E-state index in [4.69, 9.17) is 4.74 Å². The van der Waals surface area contributed by atoms with E-state index in [0.29, 0.717) is 39.6 Å². The third kappa shape index (κ3) is 2.98. The van der Waals surface area contributed by atoms with Gasteiger partial charge in [0.1, 0.15) is 29.1 Å². The second-order valence-corrected chi connectivity index (χ2v) is 5.92. The van der Waals surface area contributed by atoms with Crippen molar-refractivity contribution in [2.45, 2.75) is 0 Å². The van der Waals surface area contributed by atoms with Crippen molar-refractivity contribution in [1.82, 2.24) is 19.9 Å². The molecule has 8 heteroatoms. The maximum Gasteiger partial charge on any atom is 0.181 e. The zero-order chi connectivity index (χ0) is 19.7. The molecule has 0 atom stereocenters. The predicted molar refractivity (Wildman–Crippen MR) is 102 cm³/mol. The van der Waals surface area contributed by atoms with E-state index in [0.717, 1.165) is 6.07 Å². The predicted octanol–water partition coefficient (Wildman–Crippen LogP) is 4.08. The van der Waals surface area contributed by atoms with Gasteiger partial charge in [-0.15, -0.1) is 0 Å². The molecule has 28 heavy (non-hydrogen) atoms. The number of benzene rings is 2. The molecule has 140 valence electrons. The van der Waals surface area contributed by atoms with Crippen LogP contribution >= 0.6 is 0 Å². The van der Waals surface area contributed by atoms with Gasteiger partial charge in [0.2, 0.25) is 0 Å². The molecule has 0 aliphatic rings. The molecule has 2 heterocycles. The van der Waals surface area contributed by atoms with Gasteiger partial charge in [0, 0.05) is 24.2 Å². The third-order valence-corrected chi connectivity index (χ3v) is 4.30. The van der Waals surface area contributed by atoms with Crippen LogP contribution in [0, 0.1) is 11.6 Å². The monoisotopic (exact) mass is 379 g/mol. The molecule has 0 saturated carbocycles. The van der Waals surface area contributed by atoms with Gasteiger partial charge >= 0.3 is 0 Å². The SMILES string of the molecule is CNc1nc(-c2ccncn2)nc2c(OC)cc(-c3cccc(F)c3F)cc12. The zero-order valence-corrected chi connectivity index (χ0v) is 15.1. The number of nitrogens with one attached hydrogen (secondary N) is 1. The summed E-state index contributed by atoms with van der Waals surface area (Å²) in [6, 6.07) is 9.06. The van der Waals surface area contributed by atoms with E-state index in [1.165, 1.54) is 25.6 Å². The van der Waals surface area contributed by atoms with E-state index in [2.05, 4.69) is 25.3 Å². The molecule has 0 radical (unpaired) electrons. The molecule has 0 aliphatic heterocycles. The van der Waals surface area contributed by atoms with E-state index >= 15 is 0 Å². The molecule has 0 unspecified atom stereocenters. The largest absolute Gasteiger partial charge is 0.494 e. The van der Waals surface area contributed by atoms with Crippen LogP contribution in [0.25, 0.3) is 33.5 Å². The summed E-state index contributed by atoms with van der Waals surface area (Å²) >= 11 is 0. The number of anilines is 1. The number of nitrogens with zero attached hydrogens (tertiary/aromatic N) is 4. The van der Waals surface area contributed by atoms with Gasteiger partial charge < -0.3 is 10.1 Å². The van der Waals surface area contributed by atoms with Gasteiger partial charge in [0.15, 0.2) is 17.5 Å². The number of fused-ring (bicyclic) bond motifs is 1. The third-order valence-electron chi connectivity index (χ3n) is 4.30. The van der Waals surface area contributed by atoms with E-state index in [9.17, 15) is 8.78 Å². The van der Waals surface area contributed by atoms with Gasteiger partial charge in [-0.2, -0.15) is 0 Å². The van der Waals surface area contributed by atoms with E-state index < -0.39 is 11.6 Å². The van der Waals surface area contributed by atoms with Crippen molar-refractivity contribution in [3.63, 3.8) is 0 Å². The number of hydrogen-bond donors (Lipinski definition) is 1. The van der Waals surface area contributed by atoms with Crippen LogP contribution in [0.3, 0.4) is 0 Å². The van der Waals surface area contributed by atoms with Crippen LogP contribution in [0.1, 0.15) is 0 Å². The lowest BCUT2D eigenvalue weighted by Crippen LogP contribution is -2.02. The average molecular weight is 379 g/mol. The van der Waals surface area contributed by atoms with Gasteiger partial charge in [-0.05, 0) is 29.8 Å². The van der Waals surface area contributed by atoms with Crippen molar-refractivity contribution in [3.8, 4) is 28.4 Å². The maximum atomic E-state index is 14.3. The lowest BCUT2D eigenvalue weighted by molar-refractivity contribution is 0.419. The highest BCUT2D eigenvalue weighted by molar-refractivity contribution is 5.97. The molecule has 0 saturated heterocycles. The minimum atomic E-state index is -0.923. The molecule has 2 aromatic heterocycles. The fourth-order valence-corrected chi connectivity index (χ4v) is 2.97. The first-order valence-electron chi connectivity index (χ1n) is 8.40. The van der Waals surface area contributed by atoms with Crippen LogP contribution in [-0.4, -0.2) is 34.1 Å². The average Bonchev–Trinajstić information content (AvgIpc) is 2.74. The maximum absolute atomic E-state index is 14.3. The highest BCUT2D eigenvalue weighted by Crippen LogP contribution is 2.36. The second kappa shape index (κ2) is 7.15. The summed E-state index contributed by atoms with van der Waals surface area (Å²) in [6.45, 7) is 0. The highest BCUT2D eigenvalue weighted by atomic mass is 19.2. The second-order valence-electron chi connectivity index (χ2n) is 5.92. The number of hydrogen-bond acceptors (Lipinski definition) is 6. The van der Waals surface area contributed by atoms with Crippen LogP contribution in [0.2, 0.25) is 0 Å². The summed E-state index contributed by atoms with van der Waals surface area (Å²) in [4.78, 5) is 17.1. The lowest BCUT2D eigenvalue weighted by atomic mass is 10.0. The van der Waals surface area contributed by atoms with Crippen LogP contribution in [0.15, 0.2) is 48.9 Å². The quantitative estimate of drug-likeness (QED) is 0.576. The molecule has 0 amide bonds. The number of halogens is 2. The van der Waals surface area contributed by atoms with Crippen molar-refractivity contribution >= 4 is 16.7 Å². The Kier molecular flexibility index (Phi) is 4.52. The number of ether oxygens (including phenoxy) is 1. The van der Waals surface area contributed by atoms with E-state index in [1.807, 2.05) is 0 Å². The van der Waals surface area contributed by atoms with Gasteiger partial charge in [0.25, 0.3) is 0 Å². The van der Waals surface area contributed by atoms with Crippen LogP contribution < -0.4 is 10.1 Å². The molecule has 0 fully saturated rings. The Balaban J connectivity index is 2.00. The highest BCUT2D eigenvalue weighted by Gasteiger charge is 2.17. The van der Waals surface area contributed by atoms with Gasteiger partial charge in [-0.3, -0.25) is 0 Å². The number of aromatic nitrogens is 4. The molecule has 6 nitrogen and oxygen atoms in total. The smallest absolute Gasteiger partial charge is 0.181 e. The first-order valence-corrected chi connectivity index (χ1v) is 8.40. The Bertz CT molecular complexity index is 1170. The normalized spacial score (nSPS) is 10.9. The molecule has 0 bridgehead atoms. The molecule has 0 aliphatic carbocycles. The Hall–Kier alpha value is -3.68. The summed E-state index contributed by atoms with van der Waals surface area (Å²) in [6.07, 6.45) is 3.01. The first kappa shape index (κ1) is 17.7. The lowest BCUT2D eigenvalue weighted by Gasteiger charge is -2.13. The van der Waals surface area contributed by atoms with Crippen molar-refractivity contribution in [1.29, 1.82) is 0 Å². The van der Waals surface area contributed by atoms with E-state index in [-0.39, 0.29) is 5.56 Å². The topological polar surface area (TPSA) is 72.8 Å².